The van der Waals surface area contributed by atoms with Crippen molar-refractivity contribution in [3.63, 3.8) is 0 Å². The summed E-state index contributed by atoms with van der Waals surface area (Å²) in [5.41, 5.74) is 9.26. The molecule has 27 heavy (non-hydrogen) atoms. The lowest BCUT2D eigenvalue weighted by molar-refractivity contribution is 0.0696. The van der Waals surface area contributed by atoms with Gasteiger partial charge < -0.3 is 21.1 Å². The van der Waals surface area contributed by atoms with Crippen molar-refractivity contribution in [3.8, 4) is 0 Å². The van der Waals surface area contributed by atoms with Gasteiger partial charge >= 0.3 is 5.97 Å². The van der Waals surface area contributed by atoms with Crippen LogP contribution in [-0.4, -0.2) is 36.6 Å². The van der Waals surface area contributed by atoms with Crippen molar-refractivity contribution < 1.29 is 14.7 Å². The Kier molecular flexibility index (Phi) is 5.96. The van der Waals surface area contributed by atoms with Crippen LogP contribution in [0.3, 0.4) is 0 Å². The lowest BCUT2D eigenvalue weighted by Gasteiger charge is -2.30. The number of nitrogens with one attached hydrogen (secondary N) is 1. The molecule has 0 aliphatic carbocycles. The van der Waals surface area contributed by atoms with Crippen molar-refractivity contribution >= 4 is 23.3 Å². The Morgan fingerprint density at radius 1 is 1.04 bits per heavy atom. The van der Waals surface area contributed by atoms with E-state index in [0.717, 1.165) is 37.2 Å². The summed E-state index contributed by atoms with van der Waals surface area (Å²) in [4.78, 5) is 25.9. The molecule has 1 aliphatic heterocycles. The zero-order valence-electron chi connectivity index (χ0n) is 15.3. The third-order valence-electron chi connectivity index (χ3n) is 4.86. The Balaban J connectivity index is 1.63. The maximum atomic E-state index is 12.7. The molecule has 0 atom stereocenters. The monoisotopic (exact) mass is 367 g/mol. The van der Waals surface area contributed by atoms with E-state index in [4.69, 9.17) is 10.8 Å². The summed E-state index contributed by atoms with van der Waals surface area (Å²) in [6.07, 6.45) is 4.14. The van der Waals surface area contributed by atoms with Crippen LogP contribution in [-0.2, 0) is 6.42 Å². The summed E-state index contributed by atoms with van der Waals surface area (Å²) >= 11 is 0. The molecule has 6 nitrogen and oxygen atoms in total. The summed E-state index contributed by atoms with van der Waals surface area (Å²) in [7, 11) is 0. The summed E-state index contributed by atoms with van der Waals surface area (Å²) in [5, 5.41) is 11.9. The molecule has 2 aromatic rings. The number of nitrogens with two attached hydrogens (primary N) is 1. The number of nitrogen functional groups attached to an aromatic ring is 1. The zero-order valence-corrected chi connectivity index (χ0v) is 15.3. The number of piperidine rings is 1. The number of carboxylic acids is 1. The van der Waals surface area contributed by atoms with Gasteiger partial charge in [-0.3, -0.25) is 4.79 Å². The van der Waals surface area contributed by atoms with E-state index in [9.17, 15) is 9.59 Å². The van der Waals surface area contributed by atoms with E-state index in [1.807, 2.05) is 12.1 Å². The van der Waals surface area contributed by atoms with Crippen molar-refractivity contribution in [2.24, 2.45) is 0 Å². The molecule has 1 amide bonds. The van der Waals surface area contributed by atoms with Gasteiger partial charge in [0, 0.05) is 31.0 Å². The molecule has 2 aromatic carbocycles. The van der Waals surface area contributed by atoms with Gasteiger partial charge in [0.05, 0.1) is 11.1 Å². The first-order valence-corrected chi connectivity index (χ1v) is 9.29. The molecule has 4 N–H and O–H groups in total. The van der Waals surface area contributed by atoms with Gasteiger partial charge in [0.15, 0.2) is 0 Å². The highest BCUT2D eigenvalue weighted by molar-refractivity contribution is 6.00. The first kappa shape index (κ1) is 18.8. The van der Waals surface area contributed by atoms with E-state index in [-0.39, 0.29) is 11.5 Å². The second-order valence-corrected chi connectivity index (χ2v) is 6.83. The molecule has 0 radical (unpaired) electrons. The number of carbonyl (C=O) groups is 2. The molecule has 142 valence electrons. The number of amides is 1. The quantitative estimate of drug-likeness (QED) is 0.682. The second kappa shape index (κ2) is 8.58. The Bertz CT molecular complexity index is 812. The van der Waals surface area contributed by atoms with Crippen LogP contribution in [0.2, 0.25) is 0 Å². The number of hydrogen-bond donors (Lipinski definition) is 3. The number of carboxylic acid groups (broad SMARTS) is 1. The smallest absolute Gasteiger partial charge is 0.335 e. The van der Waals surface area contributed by atoms with Crippen molar-refractivity contribution in [2.75, 3.05) is 30.3 Å². The van der Waals surface area contributed by atoms with E-state index in [0.29, 0.717) is 24.2 Å². The van der Waals surface area contributed by atoms with Crippen LogP contribution in [0.15, 0.2) is 42.5 Å². The van der Waals surface area contributed by atoms with Crippen molar-refractivity contribution in [2.45, 2.75) is 25.7 Å². The number of benzene rings is 2. The molecule has 0 bridgehead atoms. The van der Waals surface area contributed by atoms with E-state index in [1.165, 1.54) is 6.42 Å². The van der Waals surface area contributed by atoms with Crippen LogP contribution in [0.1, 0.15) is 45.5 Å². The standard InChI is InChI=1S/C21H25N3O3/c22-17-8-9-19(24-12-2-1-3-13-24)18(14-17)20(25)23-11-10-15-4-6-16(7-5-15)21(26)27/h4-9,14H,1-3,10-13,22H2,(H,23,25)(H,26,27). The molecule has 1 heterocycles. The number of nitrogens with zero attached hydrogens (tertiary/aromatic N) is 1. The molecule has 0 unspecified atom stereocenters. The van der Waals surface area contributed by atoms with Gasteiger partial charge in [-0.25, -0.2) is 4.79 Å². The third kappa shape index (κ3) is 4.78. The summed E-state index contributed by atoms with van der Waals surface area (Å²) in [6, 6.07) is 12.2. The maximum absolute atomic E-state index is 12.7. The Hall–Kier alpha value is -3.02. The van der Waals surface area contributed by atoms with Gasteiger partial charge in [-0.05, 0) is 61.6 Å². The van der Waals surface area contributed by atoms with Crippen LogP contribution >= 0.6 is 0 Å². The minimum atomic E-state index is -0.943. The molecule has 0 saturated carbocycles. The van der Waals surface area contributed by atoms with Crippen LogP contribution in [0.5, 0.6) is 0 Å². The van der Waals surface area contributed by atoms with Gasteiger partial charge in [0.25, 0.3) is 5.91 Å². The predicted molar refractivity (Wildman–Crippen MR) is 106 cm³/mol. The Morgan fingerprint density at radius 3 is 2.41 bits per heavy atom. The second-order valence-electron chi connectivity index (χ2n) is 6.83. The van der Waals surface area contributed by atoms with E-state index < -0.39 is 5.97 Å². The molecule has 0 spiro atoms. The fourth-order valence-corrected chi connectivity index (χ4v) is 3.38. The minimum absolute atomic E-state index is 0.134. The number of rotatable bonds is 6. The third-order valence-corrected chi connectivity index (χ3v) is 4.86. The van der Waals surface area contributed by atoms with Gasteiger partial charge in [0.1, 0.15) is 0 Å². The number of aromatic carboxylic acids is 1. The number of anilines is 2. The largest absolute Gasteiger partial charge is 0.478 e. The fraction of sp³-hybridized carbons (Fsp3) is 0.333. The van der Waals surface area contributed by atoms with Crippen LogP contribution < -0.4 is 16.0 Å². The van der Waals surface area contributed by atoms with E-state index in [2.05, 4.69) is 10.2 Å². The number of hydrogen-bond acceptors (Lipinski definition) is 4. The predicted octanol–water partition coefficient (Wildman–Crippen LogP) is 2.93. The maximum Gasteiger partial charge on any atom is 0.335 e. The SMILES string of the molecule is Nc1ccc(N2CCCCC2)c(C(=O)NCCc2ccc(C(=O)O)cc2)c1. The van der Waals surface area contributed by atoms with Crippen LogP contribution in [0.25, 0.3) is 0 Å². The molecule has 1 fully saturated rings. The first-order chi connectivity index (χ1) is 13.0. The average molecular weight is 367 g/mol. The normalized spacial score (nSPS) is 14.0. The summed E-state index contributed by atoms with van der Waals surface area (Å²) in [5.74, 6) is -1.08. The van der Waals surface area contributed by atoms with Gasteiger partial charge in [-0.1, -0.05) is 12.1 Å². The molecule has 6 heteroatoms. The first-order valence-electron chi connectivity index (χ1n) is 9.29. The number of carbonyl (C=O) groups excluding carboxylic acids is 1. The van der Waals surface area contributed by atoms with Gasteiger partial charge in [0.2, 0.25) is 0 Å². The fourth-order valence-electron chi connectivity index (χ4n) is 3.38. The summed E-state index contributed by atoms with van der Waals surface area (Å²) in [6.45, 7) is 2.39. The van der Waals surface area contributed by atoms with Crippen molar-refractivity contribution in [1.29, 1.82) is 0 Å². The Labute approximate surface area is 159 Å². The average Bonchev–Trinajstić information content (AvgIpc) is 2.69. The molecule has 1 saturated heterocycles. The highest BCUT2D eigenvalue weighted by atomic mass is 16.4. The Morgan fingerprint density at radius 2 is 1.74 bits per heavy atom. The van der Waals surface area contributed by atoms with Crippen molar-refractivity contribution in [1.82, 2.24) is 5.32 Å². The van der Waals surface area contributed by atoms with E-state index in [1.54, 1.807) is 30.3 Å². The molecular formula is C21H25N3O3. The summed E-state index contributed by atoms with van der Waals surface area (Å²) < 4.78 is 0. The lowest BCUT2D eigenvalue weighted by Crippen LogP contribution is -2.33. The molecule has 3 rings (SSSR count). The van der Waals surface area contributed by atoms with Gasteiger partial charge in [-0.2, -0.15) is 0 Å². The van der Waals surface area contributed by atoms with Crippen LogP contribution in [0.4, 0.5) is 11.4 Å². The minimum Gasteiger partial charge on any atom is -0.478 e. The topological polar surface area (TPSA) is 95.7 Å². The van der Waals surface area contributed by atoms with E-state index >= 15 is 0 Å². The van der Waals surface area contributed by atoms with Gasteiger partial charge in [-0.15, -0.1) is 0 Å². The molecule has 1 aliphatic rings. The molecule has 0 aromatic heterocycles. The highest BCUT2D eigenvalue weighted by Gasteiger charge is 2.18. The molecular weight excluding hydrogens is 342 g/mol. The lowest BCUT2D eigenvalue weighted by atomic mass is 10.1. The zero-order chi connectivity index (χ0) is 19.2. The highest BCUT2D eigenvalue weighted by Crippen LogP contribution is 2.26. The van der Waals surface area contributed by atoms with Crippen LogP contribution in [0, 0.1) is 0 Å². The van der Waals surface area contributed by atoms with Crippen molar-refractivity contribution in [3.05, 3.63) is 59.2 Å².